The van der Waals surface area contributed by atoms with E-state index in [-0.39, 0.29) is 23.6 Å². The van der Waals surface area contributed by atoms with Gasteiger partial charge in [-0.25, -0.2) is 14.1 Å². The molecule has 150 valence electrons. The zero-order valence-electron chi connectivity index (χ0n) is 15.9. The van der Waals surface area contributed by atoms with Crippen LogP contribution in [0.5, 0.6) is 0 Å². The first-order chi connectivity index (χ1) is 14.7. The maximum absolute atomic E-state index is 14.6. The van der Waals surface area contributed by atoms with E-state index in [1.807, 2.05) is 12.1 Å². The average molecular weight is 404 g/mol. The number of halogens is 1. The summed E-state index contributed by atoms with van der Waals surface area (Å²) in [5, 5.41) is 16.8. The fourth-order valence-corrected chi connectivity index (χ4v) is 3.81. The molecule has 9 heteroatoms. The van der Waals surface area contributed by atoms with Crippen molar-refractivity contribution in [1.29, 1.82) is 5.26 Å². The second kappa shape index (κ2) is 7.24. The highest BCUT2D eigenvalue weighted by atomic mass is 19.1. The van der Waals surface area contributed by atoms with Gasteiger partial charge in [0.15, 0.2) is 5.82 Å². The van der Waals surface area contributed by atoms with Crippen molar-refractivity contribution in [2.45, 2.75) is 6.54 Å². The Kier molecular flexibility index (Phi) is 4.41. The molecule has 1 aromatic carbocycles. The number of rotatable bonds is 3. The molecule has 0 unspecified atom stereocenters. The van der Waals surface area contributed by atoms with E-state index in [1.54, 1.807) is 23.0 Å². The molecule has 0 saturated carbocycles. The van der Waals surface area contributed by atoms with E-state index in [2.05, 4.69) is 20.3 Å². The molecule has 2 aliphatic heterocycles. The van der Waals surface area contributed by atoms with Crippen LogP contribution < -0.4 is 10.2 Å². The Morgan fingerprint density at radius 1 is 1.20 bits per heavy atom. The van der Waals surface area contributed by atoms with Crippen molar-refractivity contribution >= 4 is 11.7 Å². The van der Waals surface area contributed by atoms with Gasteiger partial charge in [0.05, 0.1) is 59.6 Å². The molecule has 0 radical (unpaired) electrons. The van der Waals surface area contributed by atoms with Gasteiger partial charge in [-0.05, 0) is 18.2 Å². The van der Waals surface area contributed by atoms with Crippen molar-refractivity contribution in [2.24, 2.45) is 0 Å². The highest BCUT2D eigenvalue weighted by Gasteiger charge is 2.28. The number of benzene rings is 1. The van der Waals surface area contributed by atoms with Crippen LogP contribution in [-0.2, 0) is 11.3 Å². The molecule has 3 aromatic rings. The Labute approximate surface area is 171 Å². The Morgan fingerprint density at radius 2 is 2.03 bits per heavy atom. The van der Waals surface area contributed by atoms with E-state index in [4.69, 9.17) is 4.74 Å². The molecule has 2 aliphatic rings. The van der Waals surface area contributed by atoms with Crippen LogP contribution in [0.2, 0.25) is 0 Å². The number of anilines is 1. The molecule has 1 saturated heterocycles. The molecule has 8 nitrogen and oxygen atoms in total. The first kappa shape index (κ1) is 18.3. The summed E-state index contributed by atoms with van der Waals surface area (Å²) in [4.78, 5) is 19.0. The number of amides is 1. The van der Waals surface area contributed by atoms with Crippen molar-refractivity contribution in [1.82, 2.24) is 20.1 Å². The number of carbonyl (C=O) groups excluding carboxylic acids is 1. The van der Waals surface area contributed by atoms with Crippen molar-refractivity contribution in [2.75, 3.05) is 31.2 Å². The van der Waals surface area contributed by atoms with Crippen molar-refractivity contribution in [3.63, 3.8) is 0 Å². The van der Waals surface area contributed by atoms with E-state index in [9.17, 15) is 14.4 Å². The predicted molar refractivity (Wildman–Crippen MR) is 106 cm³/mol. The Bertz CT molecular complexity index is 1190. The van der Waals surface area contributed by atoms with E-state index < -0.39 is 5.82 Å². The quantitative estimate of drug-likeness (QED) is 0.718. The Morgan fingerprint density at radius 3 is 2.83 bits per heavy atom. The normalized spacial score (nSPS) is 15.6. The first-order valence-corrected chi connectivity index (χ1v) is 9.55. The molecule has 30 heavy (non-hydrogen) atoms. The van der Waals surface area contributed by atoms with Crippen LogP contribution in [0.25, 0.3) is 16.9 Å². The number of morpholine rings is 1. The maximum atomic E-state index is 14.6. The Balaban J connectivity index is 1.65. The summed E-state index contributed by atoms with van der Waals surface area (Å²) in [7, 11) is 0. The van der Waals surface area contributed by atoms with Crippen LogP contribution in [0, 0.1) is 17.1 Å². The van der Waals surface area contributed by atoms with Crippen LogP contribution in [0.4, 0.5) is 10.2 Å². The van der Waals surface area contributed by atoms with Gasteiger partial charge in [0.1, 0.15) is 5.82 Å². The largest absolute Gasteiger partial charge is 0.378 e. The summed E-state index contributed by atoms with van der Waals surface area (Å²) >= 11 is 0. The molecule has 0 atom stereocenters. The second-order valence-electron chi connectivity index (χ2n) is 7.02. The first-order valence-electron chi connectivity index (χ1n) is 9.55. The van der Waals surface area contributed by atoms with Gasteiger partial charge in [0.25, 0.3) is 5.91 Å². The van der Waals surface area contributed by atoms with Crippen molar-refractivity contribution < 1.29 is 13.9 Å². The molecule has 4 heterocycles. The van der Waals surface area contributed by atoms with Gasteiger partial charge in [-0.2, -0.15) is 10.4 Å². The highest BCUT2D eigenvalue weighted by Crippen LogP contribution is 2.31. The molecule has 1 N–H and O–H groups in total. The molecular formula is C21H17FN6O2. The van der Waals surface area contributed by atoms with E-state index >= 15 is 0 Å². The number of hydrogen-bond acceptors (Lipinski definition) is 6. The summed E-state index contributed by atoms with van der Waals surface area (Å²) in [5.41, 5.74) is 1.99. The van der Waals surface area contributed by atoms with Crippen LogP contribution in [0.15, 0.2) is 36.5 Å². The number of nitriles is 1. The number of fused-ring (bicyclic) bond motifs is 1. The summed E-state index contributed by atoms with van der Waals surface area (Å²) in [6.45, 7) is 2.97. The fourth-order valence-electron chi connectivity index (χ4n) is 3.81. The third kappa shape index (κ3) is 2.98. The number of ether oxygens (including phenoxy) is 1. The van der Waals surface area contributed by atoms with Gasteiger partial charge in [0, 0.05) is 25.4 Å². The second-order valence-corrected chi connectivity index (χ2v) is 7.02. The minimum absolute atomic E-state index is 0.115. The molecule has 1 amide bonds. The summed E-state index contributed by atoms with van der Waals surface area (Å²) < 4.78 is 21.6. The standard InChI is InChI=1S/C21H17FN6O2/c22-14-3-1-2-13(11-23)19(14)15-10-17(20-16(25-15)12-24-21(20)29)28-5-4-18(26-28)27-6-8-30-9-7-27/h1-5,10H,6-9,12H2,(H,24,29). The van der Waals surface area contributed by atoms with Crippen molar-refractivity contribution in [3.8, 4) is 23.0 Å². The number of aromatic nitrogens is 3. The van der Waals surface area contributed by atoms with Crippen LogP contribution >= 0.6 is 0 Å². The molecular weight excluding hydrogens is 387 g/mol. The van der Waals surface area contributed by atoms with E-state index in [0.717, 1.165) is 18.9 Å². The van der Waals surface area contributed by atoms with Crippen molar-refractivity contribution in [3.05, 3.63) is 59.2 Å². The zero-order chi connectivity index (χ0) is 20.7. The fraction of sp³-hybridized carbons (Fsp3) is 0.238. The SMILES string of the molecule is N#Cc1cccc(F)c1-c1cc(-n2ccc(N3CCOCC3)n2)c2c(n1)CNC2=O. The molecule has 2 aromatic heterocycles. The number of pyridine rings is 1. The lowest BCUT2D eigenvalue weighted by Gasteiger charge is -2.26. The predicted octanol–water partition coefficient (Wildman–Crippen LogP) is 2.03. The zero-order valence-corrected chi connectivity index (χ0v) is 15.9. The lowest BCUT2D eigenvalue weighted by atomic mass is 10.0. The maximum Gasteiger partial charge on any atom is 0.255 e. The number of hydrogen-bond donors (Lipinski definition) is 1. The minimum Gasteiger partial charge on any atom is -0.378 e. The monoisotopic (exact) mass is 404 g/mol. The highest BCUT2D eigenvalue weighted by molar-refractivity contribution is 6.01. The van der Waals surface area contributed by atoms with Gasteiger partial charge < -0.3 is 15.0 Å². The van der Waals surface area contributed by atoms with E-state index in [1.165, 1.54) is 12.1 Å². The summed E-state index contributed by atoms with van der Waals surface area (Å²) in [6, 6.07) is 9.81. The van der Waals surface area contributed by atoms with Gasteiger partial charge >= 0.3 is 0 Å². The summed E-state index contributed by atoms with van der Waals surface area (Å²) in [6.07, 6.45) is 1.77. The number of carbonyl (C=O) groups is 1. The molecule has 1 fully saturated rings. The number of nitrogens with one attached hydrogen (secondary N) is 1. The van der Waals surface area contributed by atoms with Gasteiger partial charge in [-0.1, -0.05) is 6.07 Å². The van der Waals surface area contributed by atoms with Crippen LogP contribution in [0.1, 0.15) is 21.6 Å². The molecule has 0 bridgehead atoms. The van der Waals surface area contributed by atoms with Crippen LogP contribution in [-0.4, -0.2) is 47.0 Å². The third-order valence-corrected chi connectivity index (χ3v) is 5.26. The topological polar surface area (TPSA) is 96.1 Å². The van der Waals surface area contributed by atoms with Gasteiger partial charge in [-0.15, -0.1) is 0 Å². The lowest BCUT2D eigenvalue weighted by Crippen LogP contribution is -2.36. The lowest BCUT2D eigenvalue weighted by molar-refractivity contribution is 0.0965. The Hall–Kier alpha value is -3.77. The average Bonchev–Trinajstić information content (AvgIpc) is 3.41. The third-order valence-electron chi connectivity index (χ3n) is 5.26. The minimum atomic E-state index is -0.542. The van der Waals surface area contributed by atoms with Gasteiger partial charge in [-0.3, -0.25) is 4.79 Å². The van der Waals surface area contributed by atoms with Crippen LogP contribution in [0.3, 0.4) is 0 Å². The van der Waals surface area contributed by atoms with E-state index in [0.29, 0.717) is 35.9 Å². The molecule has 0 aliphatic carbocycles. The van der Waals surface area contributed by atoms with Gasteiger partial charge in [0.2, 0.25) is 0 Å². The smallest absolute Gasteiger partial charge is 0.255 e. The molecule has 0 spiro atoms. The summed E-state index contributed by atoms with van der Waals surface area (Å²) in [5.74, 6) is -0.0249. The number of nitrogens with zero attached hydrogens (tertiary/aromatic N) is 5. The molecule has 5 rings (SSSR count).